The van der Waals surface area contributed by atoms with Crippen LogP contribution in [0.2, 0.25) is 0 Å². The summed E-state index contributed by atoms with van der Waals surface area (Å²) in [5.74, 6) is 0.0765. The van der Waals surface area contributed by atoms with E-state index in [0.717, 1.165) is 12.0 Å². The molecular weight excluding hydrogens is 160 g/mol. The highest BCUT2D eigenvalue weighted by Gasteiger charge is 1.99. The van der Waals surface area contributed by atoms with Crippen molar-refractivity contribution < 1.29 is 5.11 Å². The molecule has 0 heterocycles. The molecule has 0 unspecified atom stereocenters. The minimum Gasteiger partial charge on any atom is -0.508 e. The van der Waals surface area contributed by atoms with E-state index in [-0.39, 0.29) is 5.76 Å². The van der Waals surface area contributed by atoms with Crippen LogP contribution in [0.5, 0.6) is 0 Å². The molecule has 1 heteroatoms. The summed E-state index contributed by atoms with van der Waals surface area (Å²) in [4.78, 5) is 0. The summed E-state index contributed by atoms with van der Waals surface area (Å²) < 4.78 is 0. The maximum absolute atomic E-state index is 9.22. The fourth-order valence-corrected chi connectivity index (χ4v) is 0.828. The zero-order chi connectivity index (χ0) is 10.4. The van der Waals surface area contributed by atoms with E-state index >= 15 is 0 Å². The molecule has 13 heavy (non-hydrogen) atoms. The Hall–Kier alpha value is -1.24. The van der Waals surface area contributed by atoms with Gasteiger partial charge in [0.05, 0.1) is 0 Å². The summed E-state index contributed by atoms with van der Waals surface area (Å²) in [6.07, 6.45) is 4.84. The Labute approximate surface area is 80.8 Å². The van der Waals surface area contributed by atoms with Gasteiger partial charge in [0.25, 0.3) is 0 Å². The van der Waals surface area contributed by atoms with E-state index in [4.69, 9.17) is 0 Å². The molecule has 0 saturated heterocycles. The smallest absolute Gasteiger partial charge is 0.115 e. The van der Waals surface area contributed by atoms with Crippen LogP contribution in [0.25, 0.3) is 0 Å². The lowest BCUT2D eigenvalue weighted by Gasteiger charge is -2.03. The van der Waals surface area contributed by atoms with Crippen molar-refractivity contribution in [1.82, 2.24) is 0 Å². The van der Waals surface area contributed by atoms with Crippen LogP contribution in [0.15, 0.2) is 47.8 Å². The third kappa shape index (κ3) is 4.36. The lowest BCUT2D eigenvalue weighted by atomic mass is 10.1. The van der Waals surface area contributed by atoms with Crippen molar-refractivity contribution in [2.24, 2.45) is 0 Å². The summed E-state index contributed by atoms with van der Waals surface area (Å²) in [5.41, 5.74) is 2.81. The van der Waals surface area contributed by atoms with Crippen molar-refractivity contribution in [3.63, 3.8) is 0 Å². The van der Waals surface area contributed by atoms with Crippen LogP contribution in [0, 0.1) is 0 Å². The second kappa shape index (κ2) is 5.41. The first-order valence-corrected chi connectivity index (χ1v) is 4.40. The van der Waals surface area contributed by atoms with Gasteiger partial charge in [-0.15, -0.1) is 0 Å². The van der Waals surface area contributed by atoms with E-state index in [2.05, 4.69) is 20.1 Å². The van der Waals surface area contributed by atoms with Crippen molar-refractivity contribution in [3.05, 3.63) is 47.8 Å². The third-order valence-corrected chi connectivity index (χ3v) is 1.86. The largest absolute Gasteiger partial charge is 0.508 e. The fraction of sp³-hybridized carbons (Fsp3) is 0.333. The van der Waals surface area contributed by atoms with Crippen LogP contribution < -0.4 is 0 Å². The van der Waals surface area contributed by atoms with Gasteiger partial charge in [0.15, 0.2) is 0 Å². The highest BCUT2D eigenvalue weighted by atomic mass is 16.3. The van der Waals surface area contributed by atoms with Gasteiger partial charge in [-0.1, -0.05) is 37.8 Å². The number of aliphatic hydroxyl groups excluding tert-OH is 1. The molecule has 0 fully saturated rings. The molecule has 0 radical (unpaired) electrons. The quantitative estimate of drug-likeness (QED) is 0.511. The first-order valence-electron chi connectivity index (χ1n) is 4.40. The average Bonchev–Trinajstić information content (AvgIpc) is 2.03. The standard InChI is InChI=1S/C12H18O/c1-6-10(4)7-8-12(9(2)3)11(5)13/h7-8,13H,2,5-6H2,1,3-4H3/b10-7-,12-8+. The molecule has 0 aromatic heterocycles. The van der Waals surface area contributed by atoms with E-state index in [1.165, 1.54) is 5.57 Å². The van der Waals surface area contributed by atoms with Crippen LogP contribution in [0.1, 0.15) is 27.2 Å². The molecule has 0 aromatic rings. The maximum atomic E-state index is 9.22. The van der Waals surface area contributed by atoms with Gasteiger partial charge >= 0.3 is 0 Å². The molecule has 0 spiro atoms. The number of hydrogen-bond donors (Lipinski definition) is 1. The average molecular weight is 178 g/mol. The first kappa shape index (κ1) is 11.8. The van der Waals surface area contributed by atoms with Crippen LogP contribution in [-0.2, 0) is 0 Å². The van der Waals surface area contributed by atoms with E-state index in [1.807, 2.05) is 26.0 Å². The van der Waals surface area contributed by atoms with E-state index in [0.29, 0.717) is 5.57 Å². The molecule has 0 aliphatic carbocycles. The van der Waals surface area contributed by atoms with E-state index < -0.39 is 0 Å². The second-order valence-electron chi connectivity index (χ2n) is 3.17. The summed E-state index contributed by atoms with van der Waals surface area (Å²) in [6.45, 7) is 13.2. The summed E-state index contributed by atoms with van der Waals surface area (Å²) in [7, 11) is 0. The Morgan fingerprint density at radius 1 is 1.23 bits per heavy atom. The van der Waals surface area contributed by atoms with Gasteiger partial charge in [0, 0.05) is 5.57 Å². The van der Waals surface area contributed by atoms with Crippen LogP contribution in [0.4, 0.5) is 0 Å². The topological polar surface area (TPSA) is 20.2 Å². The molecule has 0 aliphatic heterocycles. The molecule has 1 N–H and O–H groups in total. The number of aliphatic hydroxyl groups is 1. The lowest BCUT2D eigenvalue weighted by molar-refractivity contribution is 0.428. The van der Waals surface area contributed by atoms with Gasteiger partial charge in [-0.05, 0) is 25.8 Å². The van der Waals surface area contributed by atoms with Crippen molar-refractivity contribution in [2.75, 3.05) is 0 Å². The van der Waals surface area contributed by atoms with Gasteiger partial charge in [0.1, 0.15) is 5.76 Å². The summed E-state index contributed by atoms with van der Waals surface area (Å²) >= 11 is 0. The second-order valence-corrected chi connectivity index (χ2v) is 3.17. The molecule has 0 rings (SSSR count). The molecule has 0 atom stereocenters. The zero-order valence-electron chi connectivity index (χ0n) is 8.72. The highest BCUT2D eigenvalue weighted by molar-refractivity contribution is 5.41. The number of rotatable bonds is 4. The summed E-state index contributed by atoms with van der Waals surface area (Å²) in [5, 5.41) is 9.22. The normalized spacial score (nSPS) is 12.8. The molecule has 1 nitrogen and oxygen atoms in total. The Kier molecular flexibility index (Phi) is 4.90. The van der Waals surface area contributed by atoms with Crippen LogP contribution in [0.3, 0.4) is 0 Å². The SMILES string of the molecule is C=C(C)/C(=C\C=C(\C)CC)C(=C)O. The predicted octanol–water partition coefficient (Wildman–Crippen LogP) is 3.92. The molecule has 0 bridgehead atoms. The van der Waals surface area contributed by atoms with Gasteiger partial charge in [-0.25, -0.2) is 0 Å². The van der Waals surface area contributed by atoms with Crippen LogP contribution in [-0.4, -0.2) is 5.11 Å². The van der Waals surface area contributed by atoms with Gasteiger partial charge in [0.2, 0.25) is 0 Å². The minimum absolute atomic E-state index is 0.0765. The van der Waals surface area contributed by atoms with Crippen molar-refractivity contribution in [2.45, 2.75) is 27.2 Å². The van der Waals surface area contributed by atoms with Gasteiger partial charge < -0.3 is 5.11 Å². The first-order chi connectivity index (χ1) is 5.99. The van der Waals surface area contributed by atoms with Crippen LogP contribution >= 0.6 is 0 Å². The highest BCUT2D eigenvalue weighted by Crippen LogP contribution is 2.14. The third-order valence-electron chi connectivity index (χ3n) is 1.86. The lowest BCUT2D eigenvalue weighted by Crippen LogP contribution is -1.87. The fourth-order valence-electron chi connectivity index (χ4n) is 0.828. The zero-order valence-corrected chi connectivity index (χ0v) is 8.72. The number of allylic oxidation sites excluding steroid dienone is 4. The Morgan fingerprint density at radius 3 is 2.08 bits per heavy atom. The molecule has 0 amide bonds. The molecule has 0 aromatic carbocycles. The van der Waals surface area contributed by atoms with E-state index in [9.17, 15) is 5.11 Å². The molecule has 0 aliphatic rings. The van der Waals surface area contributed by atoms with Crippen molar-refractivity contribution in [3.8, 4) is 0 Å². The maximum Gasteiger partial charge on any atom is 0.115 e. The van der Waals surface area contributed by atoms with Crippen molar-refractivity contribution in [1.29, 1.82) is 0 Å². The Balaban J connectivity index is 4.76. The molecule has 0 saturated carbocycles. The van der Waals surface area contributed by atoms with Gasteiger partial charge in [-0.2, -0.15) is 0 Å². The predicted molar refractivity (Wildman–Crippen MR) is 58.7 cm³/mol. The monoisotopic (exact) mass is 178 g/mol. The Bertz CT molecular complexity index is 251. The summed E-state index contributed by atoms with van der Waals surface area (Å²) in [6, 6.07) is 0. The van der Waals surface area contributed by atoms with Crippen molar-refractivity contribution >= 4 is 0 Å². The van der Waals surface area contributed by atoms with Gasteiger partial charge in [-0.3, -0.25) is 0 Å². The Morgan fingerprint density at radius 2 is 1.77 bits per heavy atom. The minimum atomic E-state index is 0.0765. The van der Waals surface area contributed by atoms with E-state index in [1.54, 1.807) is 0 Å². The molecule has 72 valence electrons. The number of hydrogen-bond acceptors (Lipinski definition) is 1. The molecular formula is C12H18O.